The summed E-state index contributed by atoms with van der Waals surface area (Å²) in [5.41, 5.74) is 1.98. The second kappa shape index (κ2) is 14.1. The van der Waals surface area contributed by atoms with Gasteiger partial charge in [-0.25, -0.2) is 0 Å². The third-order valence-electron chi connectivity index (χ3n) is 5.20. The van der Waals surface area contributed by atoms with Crippen molar-refractivity contribution in [2.24, 2.45) is 0 Å². The van der Waals surface area contributed by atoms with Gasteiger partial charge in [0.15, 0.2) is 0 Å². The number of hydrogen-bond acceptors (Lipinski definition) is 4. The van der Waals surface area contributed by atoms with Gasteiger partial charge in [0.2, 0.25) is 5.91 Å². The molecule has 2 amide bonds. The Balaban J connectivity index is 1.79. The van der Waals surface area contributed by atoms with Gasteiger partial charge in [0.25, 0.3) is 5.91 Å². The first-order valence-electron chi connectivity index (χ1n) is 11.7. The lowest BCUT2D eigenvalue weighted by atomic mass is 10.1. The molecule has 0 aromatic heterocycles. The monoisotopic (exact) mass is 439 g/mol. The van der Waals surface area contributed by atoms with Crippen LogP contribution in [0.15, 0.2) is 48.5 Å². The molecule has 0 aliphatic rings. The van der Waals surface area contributed by atoms with Crippen LogP contribution < -0.4 is 20.7 Å². The van der Waals surface area contributed by atoms with Crippen molar-refractivity contribution in [3.63, 3.8) is 0 Å². The molecule has 2 aromatic carbocycles. The Morgan fingerprint density at radius 2 is 1.69 bits per heavy atom. The lowest BCUT2D eigenvalue weighted by Gasteiger charge is -2.13. The van der Waals surface area contributed by atoms with Crippen molar-refractivity contribution in [2.45, 2.75) is 65.3 Å². The topological polar surface area (TPSA) is 79.5 Å². The van der Waals surface area contributed by atoms with Crippen LogP contribution in [0.4, 0.5) is 11.4 Å². The van der Waals surface area contributed by atoms with Gasteiger partial charge in [-0.1, -0.05) is 51.7 Å². The van der Waals surface area contributed by atoms with Gasteiger partial charge < -0.3 is 20.7 Å². The fraction of sp³-hybridized carbons (Fsp3) is 0.462. The molecule has 0 aliphatic carbocycles. The predicted molar refractivity (Wildman–Crippen MR) is 131 cm³/mol. The summed E-state index contributed by atoms with van der Waals surface area (Å²) in [6.07, 6.45) is 6.83. The Bertz CT molecular complexity index is 854. The molecule has 0 saturated carbocycles. The normalized spacial score (nSPS) is 11.5. The SMILES string of the molecule is CCCCCCCOc1cccc(NC(=O)CNc2cccc(C(=O)NC(C)CC)c2)c1. The summed E-state index contributed by atoms with van der Waals surface area (Å²) in [7, 11) is 0. The van der Waals surface area contributed by atoms with Crippen molar-refractivity contribution in [1.29, 1.82) is 0 Å². The molecule has 32 heavy (non-hydrogen) atoms. The average molecular weight is 440 g/mol. The number of carbonyl (C=O) groups is 2. The van der Waals surface area contributed by atoms with Crippen LogP contribution >= 0.6 is 0 Å². The lowest BCUT2D eigenvalue weighted by molar-refractivity contribution is -0.114. The molecule has 2 rings (SSSR count). The minimum absolute atomic E-state index is 0.0962. The number of hydrogen-bond donors (Lipinski definition) is 3. The van der Waals surface area contributed by atoms with Gasteiger partial charge >= 0.3 is 0 Å². The molecule has 0 aliphatic heterocycles. The van der Waals surface area contributed by atoms with Crippen LogP contribution in [-0.4, -0.2) is 31.0 Å². The van der Waals surface area contributed by atoms with Crippen molar-refractivity contribution in [3.8, 4) is 5.75 Å². The Labute approximate surface area is 192 Å². The first-order chi connectivity index (χ1) is 15.5. The molecule has 2 aromatic rings. The van der Waals surface area contributed by atoms with E-state index < -0.39 is 0 Å². The van der Waals surface area contributed by atoms with E-state index in [9.17, 15) is 9.59 Å². The average Bonchev–Trinajstić information content (AvgIpc) is 2.80. The number of nitrogens with one attached hydrogen (secondary N) is 3. The number of ether oxygens (including phenoxy) is 1. The molecule has 0 heterocycles. The van der Waals surface area contributed by atoms with E-state index >= 15 is 0 Å². The van der Waals surface area contributed by atoms with E-state index in [0.717, 1.165) is 24.3 Å². The summed E-state index contributed by atoms with van der Waals surface area (Å²) < 4.78 is 5.80. The maximum absolute atomic E-state index is 12.4. The Morgan fingerprint density at radius 1 is 0.938 bits per heavy atom. The highest BCUT2D eigenvalue weighted by molar-refractivity contribution is 5.96. The van der Waals surface area contributed by atoms with Crippen LogP contribution in [0.1, 0.15) is 69.7 Å². The van der Waals surface area contributed by atoms with Crippen molar-refractivity contribution in [2.75, 3.05) is 23.8 Å². The fourth-order valence-corrected chi connectivity index (χ4v) is 3.13. The summed E-state index contributed by atoms with van der Waals surface area (Å²) in [5.74, 6) is 0.470. The van der Waals surface area contributed by atoms with E-state index in [1.807, 2.05) is 44.2 Å². The van der Waals surface area contributed by atoms with Gasteiger partial charge in [0, 0.05) is 29.0 Å². The van der Waals surface area contributed by atoms with E-state index in [0.29, 0.717) is 17.9 Å². The molecular formula is C26H37N3O3. The summed E-state index contributed by atoms with van der Waals surface area (Å²) in [5, 5.41) is 8.90. The molecule has 174 valence electrons. The number of rotatable bonds is 14. The second-order valence-corrected chi connectivity index (χ2v) is 8.06. The van der Waals surface area contributed by atoms with Gasteiger partial charge in [-0.15, -0.1) is 0 Å². The third-order valence-corrected chi connectivity index (χ3v) is 5.20. The number of amides is 2. The summed E-state index contributed by atoms with van der Waals surface area (Å²) in [4.78, 5) is 24.7. The molecule has 0 radical (unpaired) electrons. The van der Waals surface area contributed by atoms with E-state index in [2.05, 4.69) is 22.9 Å². The predicted octanol–water partition coefficient (Wildman–Crippen LogP) is 5.61. The zero-order valence-electron chi connectivity index (χ0n) is 19.6. The lowest BCUT2D eigenvalue weighted by Crippen LogP contribution is -2.31. The molecule has 1 atom stereocenters. The van der Waals surface area contributed by atoms with E-state index in [4.69, 9.17) is 4.74 Å². The second-order valence-electron chi connectivity index (χ2n) is 8.06. The third kappa shape index (κ3) is 9.41. The Hall–Kier alpha value is -3.02. The van der Waals surface area contributed by atoms with Crippen LogP contribution in [-0.2, 0) is 4.79 Å². The molecule has 0 fully saturated rings. The highest BCUT2D eigenvalue weighted by Crippen LogP contribution is 2.18. The minimum atomic E-state index is -0.170. The number of carbonyl (C=O) groups excluding carboxylic acids is 2. The van der Waals surface area contributed by atoms with Gasteiger partial charge in [0.1, 0.15) is 5.75 Å². The molecule has 0 bridgehead atoms. The van der Waals surface area contributed by atoms with E-state index in [-0.39, 0.29) is 24.4 Å². The summed E-state index contributed by atoms with van der Waals surface area (Å²) >= 11 is 0. The fourth-order valence-electron chi connectivity index (χ4n) is 3.13. The van der Waals surface area contributed by atoms with Crippen molar-refractivity contribution in [1.82, 2.24) is 5.32 Å². The molecule has 1 unspecified atom stereocenters. The molecule has 0 spiro atoms. The van der Waals surface area contributed by atoms with E-state index in [1.165, 1.54) is 25.7 Å². The maximum atomic E-state index is 12.4. The number of anilines is 2. The smallest absolute Gasteiger partial charge is 0.251 e. The number of unbranched alkanes of at least 4 members (excludes halogenated alkanes) is 4. The highest BCUT2D eigenvalue weighted by Gasteiger charge is 2.10. The van der Waals surface area contributed by atoms with Crippen LogP contribution in [0, 0.1) is 0 Å². The van der Waals surface area contributed by atoms with Crippen molar-refractivity contribution < 1.29 is 14.3 Å². The van der Waals surface area contributed by atoms with Gasteiger partial charge in [0.05, 0.1) is 13.2 Å². The van der Waals surface area contributed by atoms with Gasteiger partial charge in [-0.2, -0.15) is 0 Å². The standard InChI is InChI=1S/C26H37N3O3/c1-4-6-7-8-9-16-32-24-15-11-14-23(18-24)29-25(30)19-27-22-13-10-12-21(17-22)26(31)28-20(3)5-2/h10-15,17-18,20,27H,4-9,16,19H2,1-3H3,(H,28,31)(H,29,30). The van der Waals surface area contributed by atoms with Gasteiger partial charge in [-0.3, -0.25) is 9.59 Å². The van der Waals surface area contributed by atoms with Crippen LogP contribution in [0.5, 0.6) is 5.75 Å². The summed E-state index contributed by atoms with van der Waals surface area (Å²) in [6, 6.07) is 14.7. The largest absolute Gasteiger partial charge is 0.494 e. The zero-order valence-corrected chi connectivity index (χ0v) is 19.6. The van der Waals surface area contributed by atoms with Crippen molar-refractivity contribution >= 4 is 23.2 Å². The molecule has 3 N–H and O–H groups in total. The first kappa shape index (κ1) is 25.2. The molecule has 6 nitrogen and oxygen atoms in total. The summed E-state index contributed by atoms with van der Waals surface area (Å²) in [6.45, 7) is 6.98. The quantitative estimate of drug-likeness (QED) is 0.334. The highest BCUT2D eigenvalue weighted by atomic mass is 16.5. The molecule has 6 heteroatoms. The van der Waals surface area contributed by atoms with Crippen molar-refractivity contribution in [3.05, 3.63) is 54.1 Å². The maximum Gasteiger partial charge on any atom is 0.251 e. The minimum Gasteiger partial charge on any atom is -0.494 e. The van der Waals surface area contributed by atoms with Gasteiger partial charge in [-0.05, 0) is 50.1 Å². The van der Waals surface area contributed by atoms with E-state index in [1.54, 1.807) is 18.2 Å². The Morgan fingerprint density at radius 3 is 2.47 bits per heavy atom. The Kier molecular flexibility index (Phi) is 11.1. The molecule has 0 saturated heterocycles. The molecular weight excluding hydrogens is 402 g/mol. The van der Waals surface area contributed by atoms with Crippen LogP contribution in [0.3, 0.4) is 0 Å². The number of benzene rings is 2. The zero-order chi connectivity index (χ0) is 23.2. The first-order valence-corrected chi connectivity index (χ1v) is 11.7. The van der Waals surface area contributed by atoms with Crippen LogP contribution in [0.25, 0.3) is 0 Å². The van der Waals surface area contributed by atoms with Crippen LogP contribution in [0.2, 0.25) is 0 Å².